The highest BCUT2D eigenvalue weighted by Gasteiger charge is 2.55. The second-order valence-electron chi connectivity index (χ2n) is 5.36. The van der Waals surface area contributed by atoms with E-state index in [1.807, 2.05) is 4.90 Å². The van der Waals surface area contributed by atoms with Crippen LogP contribution in [-0.2, 0) is 4.79 Å². The maximum absolute atomic E-state index is 12.0. The van der Waals surface area contributed by atoms with Gasteiger partial charge in [0.05, 0.1) is 12.2 Å². The monoisotopic (exact) mass is 209 g/mol. The van der Waals surface area contributed by atoms with Crippen LogP contribution in [0.4, 0.5) is 0 Å². The summed E-state index contributed by atoms with van der Waals surface area (Å²) < 4.78 is 0. The molecule has 1 aliphatic carbocycles. The molecule has 84 valence electrons. The lowest BCUT2D eigenvalue weighted by atomic mass is 10.1. The molecule has 0 aromatic carbocycles. The smallest absolute Gasteiger partial charge is 0.243 e. The number of amides is 1. The highest BCUT2D eigenvalue weighted by Crippen LogP contribution is 2.40. The summed E-state index contributed by atoms with van der Waals surface area (Å²) in [4.78, 5) is 16.4. The third-order valence-corrected chi connectivity index (χ3v) is 4.02. The molecule has 1 saturated carbocycles. The largest absolute Gasteiger partial charge is 0.328 e. The Bertz CT molecular complexity index is 288. The number of nitrogens with zero attached hydrogens (tertiary/aromatic N) is 2. The minimum absolute atomic E-state index is 0.107. The van der Waals surface area contributed by atoms with E-state index in [2.05, 4.69) is 17.3 Å². The van der Waals surface area contributed by atoms with E-state index in [1.54, 1.807) is 0 Å². The van der Waals surface area contributed by atoms with E-state index >= 15 is 0 Å². The molecule has 4 nitrogen and oxygen atoms in total. The van der Waals surface area contributed by atoms with Crippen LogP contribution in [0.1, 0.15) is 19.3 Å². The molecule has 1 atom stereocenters. The molecule has 3 aliphatic rings. The molecule has 1 amide bonds. The standard InChI is InChI=1S/C11H19N3O/c1-13-5-2-9(6-13)7-14-8-12-11(3-4-11)10(14)15/h9,12H,2-8H2,1H3. The molecule has 2 saturated heterocycles. The summed E-state index contributed by atoms with van der Waals surface area (Å²) in [5, 5.41) is 3.35. The molecule has 0 aromatic rings. The van der Waals surface area contributed by atoms with Crippen molar-refractivity contribution in [3.05, 3.63) is 0 Å². The number of carbonyl (C=O) groups excluding carboxylic acids is 1. The van der Waals surface area contributed by atoms with E-state index in [1.165, 1.54) is 13.0 Å². The Balaban J connectivity index is 1.58. The second kappa shape index (κ2) is 3.19. The van der Waals surface area contributed by atoms with Gasteiger partial charge in [-0.1, -0.05) is 0 Å². The lowest BCUT2D eigenvalue weighted by Crippen LogP contribution is -2.35. The van der Waals surface area contributed by atoms with Crippen molar-refractivity contribution in [1.29, 1.82) is 0 Å². The molecule has 2 aliphatic heterocycles. The average molecular weight is 209 g/mol. The molecule has 3 rings (SSSR count). The molecule has 2 heterocycles. The molecule has 1 spiro atoms. The second-order valence-corrected chi connectivity index (χ2v) is 5.36. The van der Waals surface area contributed by atoms with Gasteiger partial charge in [-0.15, -0.1) is 0 Å². The zero-order chi connectivity index (χ0) is 10.5. The first-order valence-electron chi connectivity index (χ1n) is 5.93. The molecule has 0 bridgehead atoms. The molecule has 0 aromatic heterocycles. The van der Waals surface area contributed by atoms with Crippen molar-refractivity contribution >= 4 is 5.91 Å². The van der Waals surface area contributed by atoms with Crippen LogP contribution in [-0.4, -0.2) is 54.6 Å². The van der Waals surface area contributed by atoms with Crippen LogP contribution in [0.15, 0.2) is 0 Å². The van der Waals surface area contributed by atoms with Crippen LogP contribution in [0.5, 0.6) is 0 Å². The van der Waals surface area contributed by atoms with E-state index in [4.69, 9.17) is 0 Å². The van der Waals surface area contributed by atoms with Crippen molar-refractivity contribution < 1.29 is 4.79 Å². The molecular formula is C11H19N3O. The van der Waals surface area contributed by atoms with Crippen LogP contribution in [0.25, 0.3) is 0 Å². The summed E-state index contributed by atoms with van der Waals surface area (Å²) >= 11 is 0. The Morgan fingerprint density at radius 1 is 1.53 bits per heavy atom. The zero-order valence-corrected chi connectivity index (χ0v) is 9.33. The molecule has 3 fully saturated rings. The van der Waals surface area contributed by atoms with Gasteiger partial charge in [0.2, 0.25) is 5.91 Å². The van der Waals surface area contributed by atoms with Gasteiger partial charge in [0.1, 0.15) is 0 Å². The Hall–Kier alpha value is -0.610. The molecule has 15 heavy (non-hydrogen) atoms. The van der Waals surface area contributed by atoms with E-state index in [0.29, 0.717) is 11.8 Å². The van der Waals surface area contributed by atoms with E-state index in [-0.39, 0.29) is 5.54 Å². The first-order valence-corrected chi connectivity index (χ1v) is 5.93. The van der Waals surface area contributed by atoms with Crippen molar-refractivity contribution in [1.82, 2.24) is 15.1 Å². The van der Waals surface area contributed by atoms with Crippen LogP contribution in [0.2, 0.25) is 0 Å². The number of nitrogens with one attached hydrogen (secondary N) is 1. The van der Waals surface area contributed by atoms with E-state index in [9.17, 15) is 4.79 Å². The lowest BCUT2D eigenvalue weighted by molar-refractivity contribution is -0.130. The highest BCUT2D eigenvalue weighted by molar-refractivity contribution is 5.91. The van der Waals surface area contributed by atoms with Gasteiger partial charge in [-0.25, -0.2) is 0 Å². The van der Waals surface area contributed by atoms with Gasteiger partial charge >= 0.3 is 0 Å². The Morgan fingerprint density at radius 2 is 2.33 bits per heavy atom. The Kier molecular flexibility index (Phi) is 2.04. The van der Waals surface area contributed by atoms with E-state index in [0.717, 1.165) is 32.6 Å². The molecular weight excluding hydrogens is 190 g/mol. The summed E-state index contributed by atoms with van der Waals surface area (Å²) in [6.45, 7) is 4.07. The molecule has 1 N–H and O–H groups in total. The number of likely N-dealkylation sites (tertiary alicyclic amines) is 1. The van der Waals surface area contributed by atoms with Crippen LogP contribution in [0, 0.1) is 5.92 Å². The van der Waals surface area contributed by atoms with Crippen molar-refractivity contribution in [3.63, 3.8) is 0 Å². The van der Waals surface area contributed by atoms with Gasteiger partial charge in [-0.2, -0.15) is 0 Å². The van der Waals surface area contributed by atoms with Gasteiger partial charge in [0.15, 0.2) is 0 Å². The summed E-state index contributed by atoms with van der Waals surface area (Å²) in [7, 11) is 2.16. The molecule has 1 unspecified atom stereocenters. The minimum atomic E-state index is -0.107. The fourth-order valence-electron chi connectivity index (χ4n) is 2.85. The third-order valence-electron chi connectivity index (χ3n) is 4.02. The summed E-state index contributed by atoms with van der Waals surface area (Å²) in [5.74, 6) is 1.05. The summed E-state index contributed by atoms with van der Waals surface area (Å²) in [6, 6.07) is 0. The van der Waals surface area contributed by atoms with Gasteiger partial charge < -0.3 is 9.80 Å². The quantitative estimate of drug-likeness (QED) is 0.687. The molecule has 4 heteroatoms. The number of hydrogen-bond acceptors (Lipinski definition) is 3. The fourth-order valence-corrected chi connectivity index (χ4v) is 2.85. The van der Waals surface area contributed by atoms with Crippen LogP contribution >= 0.6 is 0 Å². The predicted octanol–water partition coefficient (Wildman–Crippen LogP) is -0.140. The first kappa shape index (κ1) is 9.60. The predicted molar refractivity (Wildman–Crippen MR) is 57.3 cm³/mol. The van der Waals surface area contributed by atoms with Crippen molar-refractivity contribution in [2.45, 2.75) is 24.8 Å². The summed E-state index contributed by atoms with van der Waals surface area (Å²) in [6.07, 6.45) is 3.34. The highest BCUT2D eigenvalue weighted by atomic mass is 16.2. The maximum atomic E-state index is 12.0. The van der Waals surface area contributed by atoms with Crippen molar-refractivity contribution in [3.8, 4) is 0 Å². The normalized spacial score (nSPS) is 34.3. The van der Waals surface area contributed by atoms with Crippen LogP contribution in [0.3, 0.4) is 0 Å². The first-order chi connectivity index (χ1) is 7.20. The van der Waals surface area contributed by atoms with Crippen molar-refractivity contribution in [2.24, 2.45) is 5.92 Å². The van der Waals surface area contributed by atoms with Gasteiger partial charge in [0, 0.05) is 13.1 Å². The lowest BCUT2D eigenvalue weighted by Gasteiger charge is -2.19. The van der Waals surface area contributed by atoms with Gasteiger partial charge in [0.25, 0.3) is 0 Å². The Labute approximate surface area is 90.6 Å². The third kappa shape index (κ3) is 1.56. The van der Waals surface area contributed by atoms with Crippen LogP contribution < -0.4 is 5.32 Å². The number of carbonyl (C=O) groups is 1. The van der Waals surface area contributed by atoms with Gasteiger partial charge in [-0.05, 0) is 38.8 Å². The summed E-state index contributed by atoms with van der Waals surface area (Å²) in [5.41, 5.74) is -0.107. The SMILES string of the molecule is CN1CCC(CN2CNC3(CC3)C2=O)C1. The fraction of sp³-hybridized carbons (Fsp3) is 0.909. The maximum Gasteiger partial charge on any atom is 0.243 e. The molecule has 0 radical (unpaired) electrons. The topological polar surface area (TPSA) is 35.6 Å². The Morgan fingerprint density at radius 3 is 2.87 bits per heavy atom. The average Bonchev–Trinajstić information content (AvgIpc) is 2.81. The van der Waals surface area contributed by atoms with E-state index < -0.39 is 0 Å². The zero-order valence-electron chi connectivity index (χ0n) is 9.33. The van der Waals surface area contributed by atoms with Gasteiger partial charge in [-0.3, -0.25) is 10.1 Å². The number of rotatable bonds is 2. The number of hydrogen-bond donors (Lipinski definition) is 1. The minimum Gasteiger partial charge on any atom is -0.328 e. The van der Waals surface area contributed by atoms with Crippen molar-refractivity contribution in [2.75, 3.05) is 33.4 Å².